The maximum Gasteiger partial charge on any atom is 0.416 e. The zero-order valence-electron chi connectivity index (χ0n) is 22.7. The third kappa shape index (κ3) is 7.95. The van der Waals surface area contributed by atoms with Gasteiger partial charge in [0.25, 0.3) is 5.91 Å². The molecule has 0 N–H and O–H groups in total. The van der Waals surface area contributed by atoms with Gasteiger partial charge in [-0.05, 0) is 94.6 Å². The minimum absolute atomic E-state index is 0.216. The number of halogens is 3. The molecule has 0 radical (unpaired) electrons. The molecule has 1 fully saturated rings. The molecule has 37 heavy (non-hydrogen) atoms. The van der Waals surface area contributed by atoms with E-state index in [4.69, 9.17) is 4.74 Å². The molecule has 1 heterocycles. The number of carbonyl (C=O) groups is 1. The van der Waals surface area contributed by atoms with Gasteiger partial charge in [-0.15, -0.1) is 0 Å². The van der Waals surface area contributed by atoms with Crippen molar-refractivity contribution < 1.29 is 22.7 Å². The molecular formula is C29H40F3N3O2. The van der Waals surface area contributed by atoms with Gasteiger partial charge >= 0.3 is 6.18 Å². The van der Waals surface area contributed by atoms with E-state index >= 15 is 0 Å². The van der Waals surface area contributed by atoms with E-state index in [9.17, 15) is 18.0 Å². The summed E-state index contributed by atoms with van der Waals surface area (Å²) in [4.78, 5) is 19.1. The second-order valence-electron chi connectivity index (χ2n) is 10.2. The average Bonchev–Trinajstić information content (AvgIpc) is 2.87. The highest BCUT2D eigenvalue weighted by molar-refractivity contribution is 5.94. The van der Waals surface area contributed by atoms with E-state index in [1.165, 1.54) is 28.8 Å². The minimum Gasteiger partial charge on any atom is -0.493 e. The Labute approximate surface area is 219 Å². The monoisotopic (exact) mass is 519 g/mol. The van der Waals surface area contributed by atoms with Crippen molar-refractivity contribution >= 4 is 5.91 Å². The van der Waals surface area contributed by atoms with Crippen LogP contribution in [-0.2, 0) is 12.6 Å². The molecule has 0 unspecified atom stereocenters. The highest BCUT2D eigenvalue weighted by Gasteiger charge is 2.30. The number of piperazine rings is 1. The molecule has 0 atom stereocenters. The van der Waals surface area contributed by atoms with Gasteiger partial charge in [-0.25, -0.2) is 0 Å². The largest absolute Gasteiger partial charge is 0.493 e. The molecular weight excluding hydrogens is 479 g/mol. The van der Waals surface area contributed by atoms with E-state index < -0.39 is 11.7 Å². The summed E-state index contributed by atoms with van der Waals surface area (Å²) in [7, 11) is 2.13. The number of rotatable bonds is 10. The van der Waals surface area contributed by atoms with Crippen molar-refractivity contribution in [3.8, 4) is 5.75 Å². The minimum atomic E-state index is -4.40. The van der Waals surface area contributed by atoms with Gasteiger partial charge in [0.05, 0.1) is 12.2 Å². The van der Waals surface area contributed by atoms with E-state index in [0.717, 1.165) is 56.9 Å². The van der Waals surface area contributed by atoms with Crippen LogP contribution in [0.4, 0.5) is 13.2 Å². The Morgan fingerprint density at radius 3 is 2.24 bits per heavy atom. The number of benzene rings is 2. The number of amides is 1. The predicted octanol–water partition coefficient (Wildman–Crippen LogP) is 5.43. The number of hydrogen-bond donors (Lipinski definition) is 0. The van der Waals surface area contributed by atoms with E-state index in [0.29, 0.717) is 31.3 Å². The van der Waals surface area contributed by atoms with E-state index in [-0.39, 0.29) is 5.91 Å². The Morgan fingerprint density at radius 1 is 1.00 bits per heavy atom. The molecule has 1 aliphatic heterocycles. The number of alkyl halides is 3. The molecule has 1 saturated heterocycles. The maximum absolute atomic E-state index is 12.8. The van der Waals surface area contributed by atoms with Crippen molar-refractivity contribution in [2.45, 2.75) is 52.8 Å². The maximum atomic E-state index is 12.8. The first-order valence-electron chi connectivity index (χ1n) is 13.1. The van der Waals surface area contributed by atoms with Gasteiger partial charge in [0.2, 0.25) is 0 Å². The summed E-state index contributed by atoms with van der Waals surface area (Å²) in [5.74, 6) is 0.732. The number of hydrogen-bond acceptors (Lipinski definition) is 4. The van der Waals surface area contributed by atoms with Crippen molar-refractivity contribution in [1.82, 2.24) is 14.7 Å². The predicted molar refractivity (Wildman–Crippen MR) is 141 cm³/mol. The molecule has 3 rings (SSSR count). The second-order valence-corrected chi connectivity index (χ2v) is 10.2. The second kappa shape index (κ2) is 12.8. The summed E-state index contributed by atoms with van der Waals surface area (Å²) >= 11 is 0. The van der Waals surface area contributed by atoms with Crippen LogP contribution >= 0.6 is 0 Å². The quantitative estimate of drug-likeness (QED) is 0.392. The smallest absolute Gasteiger partial charge is 0.416 e. The summed E-state index contributed by atoms with van der Waals surface area (Å²) in [6.07, 6.45) is -2.50. The molecule has 1 aliphatic rings. The standard InChI is InChI=1S/C29H40F3N3O2/c1-21(2)33(5)14-6-20-37-27-12-9-24(22(3)23(27)4)13-15-34-16-18-35(19-17-34)28(36)25-7-10-26(11-8-25)29(30,31)32/h7-12,21H,6,13-20H2,1-5H3. The van der Waals surface area contributed by atoms with Gasteiger partial charge in [-0.3, -0.25) is 9.69 Å². The Bertz CT molecular complexity index is 1030. The first-order valence-corrected chi connectivity index (χ1v) is 13.1. The third-order valence-electron chi connectivity index (χ3n) is 7.46. The Morgan fingerprint density at radius 2 is 1.65 bits per heavy atom. The Hall–Kier alpha value is -2.58. The first kappa shape index (κ1) is 29.0. The molecule has 8 heteroatoms. The van der Waals surface area contributed by atoms with Crippen LogP contribution in [0.15, 0.2) is 36.4 Å². The average molecular weight is 520 g/mol. The zero-order chi connectivity index (χ0) is 27.2. The molecule has 2 aromatic carbocycles. The highest BCUT2D eigenvalue weighted by Crippen LogP contribution is 2.29. The zero-order valence-corrected chi connectivity index (χ0v) is 22.7. The molecule has 2 aromatic rings. The van der Waals surface area contributed by atoms with Crippen LogP contribution in [0.1, 0.15) is 52.9 Å². The summed E-state index contributed by atoms with van der Waals surface area (Å²) in [5.41, 5.74) is 3.29. The van der Waals surface area contributed by atoms with Crippen LogP contribution < -0.4 is 4.74 Å². The lowest BCUT2D eigenvalue weighted by Gasteiger charge is -2.35. The lowest BCUT2D eigenvalue weighted by molar-refractivity contribution is -0.137. The first-order chi connectivity index (χ1) is 17.5. The fraction of sp³-hybridized carbons (Fsp3) is 0.552. The van der Waals surface area contributed by atoms with Crippen LogP contribution in [0.25, 0.3) is 0 Å². The van der Waals surface area contributed by atoms with Crippen LogP contribution in [0.2, 0.25) is 0 Å². The van der Waals surface area contributed by atoms with Crippen molar-refractivity contribution in [3.05, 3.63) is 64.2 Å². The van der Waals surface area contributed by atoms with E-state index in [2.05, 4.69) is 56.7 Å². The molecule has 1 amide bonds. The Balaban J connectivity index is 1.45. The third-order valence-corrected chi connectivity index (χ3v) is 7.46. The van der Waals surface area contributed by atoms with Crippen molar-refractivity contribution in [2.24, 2.45) is 0 Å². The van der Waals surface area contributed by atoms with Gasteiger partial charge in [0, 0.05) is 50.9 Å². The van der Waals surface area contributed by atoms with Gasteiger partial charge in [-0.1, -0.05) is 6.07 Å². The molecule has 5 nitrogen and oxygen atoms in total. The molecule has 0 aliphatic carbocycles. The van der Waals surface area contributed by atoms with Crippen LogP contribution in [0.3, 0.4) is 0 Å². The van der Waals surface area contributed by atoms with E-state index in [1.807, 2.05) is 0 Å². The molecule has 0 spiro atoms. The highest BCUT2D eigenvalue weighted by atomic mass is 19.4. The number of carbonyl (C=O) groups excluding carboxylic acids is 1. The van der Waals surface area contributed by atoms with E-state index in [1.54, 1.807) is 4.90 Å². The summed E-state index contributed by atoms with van der Waals surface area (Å²) in [6.45, 7) is 13.9. The van der Waals surface area contributed by atoms with Gasteiger partial charge in [0.1, 0.15) is 5.75 Å². The van der Waals surface area contributed by atoms with Crippen molar-refractivity contribution in [1.29, 1.82) is 0 Å². The van der Waals surface area contributed by atoms with Crippen LogP contribution in [0.5, 0.6) is 5.75 Å². The summed E-state index contributed by atoms with van der Waals surface area (Å²) in [6, 6.07) is 9.23. The topological polar surface area (TPSA) is 36.0 Å². The lowest BCUT2D eigenvalue weighted by Crippen LogP contribution is -2.49. The molecule has 204 valence electrons. The normalized spacial score (nSPS) is 15.0. The summed E-state index contributed by atoms with van der Waals surface area (Å²) in [5, 5.41) is 0. The van der Waals surface area contributed by atoms with Crippen LogP contribution in [0, 0.1) is 13.8 Å². The fourth-order valence-corrected chi connectivity index (χ4v) is 4.47. The molecule has 0 aromatic heterocycles. The van der Waals surface area contributed by atoms with Crippen LogP contribution in [-0.4, -0.2) is 79.6 Å². The van der Waals surface area contributed by atoms with Gasteiger partial charge in [-0.2, -0.15) is 13.2 Å². The number of ether oxygens (including phenoxy) is 1. The van der Waals surface area contributed by atoms with Gasteiger partial charge in [0.15, 0.2) is 0 Å². The van der Waals surface area contributed by atoms with Crippen molar-refractivity contribution in [2.75, 3.05) is 52.9 Å². The molecule has 0 saturated carbocycles. The molecule has 0 bridgehead atoms. The summed E-state index contributed by atoms with van der Waals surface area (Å²) < 4.78 is 44.4. The lowest BCUT2D eigenvalue weighted by atomic mass is 9.99. The fourth-order valence-electron chi connectivity index (χ4n) is 4.47. The van der Waals surface area contributed by atoms with Gasteiger partial charge < -0.3 is 14.5 Å². The SMILES string of the molecule is Cc1c(CCN2CCN(C(=O)c3ccc(C(F)(F)F)cc3)CC2)ccc(OCCCN(C)C(C)C)c1C. The van der Waals surface area contributed by atoms with Crippen molar-refractivity contribution in [3.63, 3.8) is 0 Å². The number of nitrogens with zero attached hydrogens (tertiary/aromatic N) is 3. The Kier molecular flexibility index (Phi) is 10.0.